The molecule has 0 aromatic heterocycles. The van der Waals surface area contributed by atoms with Crippen LogP contribution in [0.15, 0.2) is 30.3 Å². The Morgan fingerprint density at radius 2 is 1.38 bits per heavy atom. The Morgan fingerprint density at radius 3 is 1.96 bits per heavy atom. The van der Waals surface area contributed by atoms with Crippen molar-refractivity contribution in [3.63, 3.8) is 0 Å². The lowest BCUT2D eigenvalue weighted by atomic mass is 10.0. The Balaban J connectivity index is 2.30. The maximum Gasteiger partial charge on any atom is 0.171 e. The molecule has 128 valence electrons. The molecule has 0 saturated heterocycles. The summed E-state index contributed by atoms with van der Waals surface area (Å²) in [5.41, 5.74) is 0.911. The van der Waals surface area contributed by atoms with Gasteiger partial charge in [-0.25, -0.2) is 0 Å². The van der Waals surface area contributed by atoms with Gasteiger partial charge in [-0.05, 0) is 23.8 Å². The fourth-order valence-electron chi connectivity index (χ4n) is 2.36. The van der Waals surface area contributed by atoms with Crippen LogP contribution in [0.3, 0.4) is 0 Å². The molecular weight excluding hydrogens is 312 g/mol. The van der Waals surface area contributed by atoms with E-state index in [-0.39, 0.29) is 23.5 Å². The summed E-state index contributed by atoms with van der Waals surface area (Å²) in [7, 11) is 6.01. The third-order valence-corrected chi connectivity index (χ3v) is 3.61. The minimum absolute atomic E-state index is 0.101. The molecule has 6 heteroatoms. The van der Waals surface area contributed by atoms with Crippen molar-refractivity contribution in [3.05, 3.63) is 41.5 Å². The predicted molar refractivity (Wildman–Crippen MR) is 88.8 cm³/mol. The molecule has 0 aliphatic heterocycles. The summed E-state index contributed by atoms with van der Waals surface area (Å²) in [5.74, 6) is 1.46. The van der Waals surface area contributed by atoms with E-state index in [4.69, 9.17) is 18.9 Å². The molecule has 0 aliphatic rings. The van der Waals surface area contributed by atoms with Crippen LogP contribution in [0, 0.1) is 0 Å². The van der Waals surface area contributed by atoms with Crippen molar-refractivity contribution in [1.82, 2.24) is 0 Å². The van der Waals surface area contributed by atoms with E-state index in [0.29, 0.717) is 23.0 Å². The van der Waals surface area contributed by atoms with Crippen molar-refractivity contribution in [2.75, 3.05) is 28.4 Å². The van der Waals surface area contributed by atoms with Crippen molar-refractivity contribution in [1.29, 1.82) is 0 Å². The standard InChI is InChI=1S/C18H20O6/c1-21-15-6-5-11(8-16(15)22-2)7-13(19)12-9-17(23-3)18(24-4)10-14(12)20/h5-6,8-10,20H,7H2,1-4H3. The number of phenols is 1. The van der Waals surface area contributed by atoms with Crippen LogP contribution in [-0.2, 0) is 6.42 Å². The first-order valence-corrected chi connectivity index (χ1v) is 7.23. The van der Waals surface area contributed by atoms with Crippen LogP contribution in [0.5, 0.6) is 28.7 Å². The lowest BCUT2D eigenvalue weighted by molar-refractivity contribution is 0.0990. The fourth-order valence-corrected chi connectivity index (χ4v) is 2.36. The Hall–Kier alpha value is -2.89. The molecular formula is C18H20O6. The number of ketones is 1. The predicted octanol–water partition coefficient (Wildman–Crippen LogP) is 2.85. The number of hydrogen-bond acceptors (Lipinski definition) is 6. The molecule has 1 N–H and O–H groups in total. The molecule has 0 fully saturated rings. The Labute approximate surface area is 140 Å². The Morgan fingerprint density at radius 1 is 0.833 bits per heavy atom. The minimum atomic E-state index is -0.249. The lowest BCUT2D eigenvalue weighted by Gasteiger charge is -2.12. The highest BCUT2D eigenvalue weighted by molar-refractivity contribution is 6.00. The molecule has 0 radical (unpaired) electrons. The van der Waals surface area contributed by atoms with E-state index in [9.17, 15) is 9.90 Å². The number of aromatic hydroxyl groups is 1. The van der Waals surface area contributed by atoms with Gasteiger partial charge in [-0.3, -0.25) is 4.79 Å². The zero-order chi connectivity index (χ0) is 17.7. The maximum absolute atomic E-state index is 12.5. The highest BCUT2D eigenvalue weighted by Crippen LogP contribution is 2.35. The second-order valence-corrected chi connectivity index (χ2v) is 5.01. The molecule has 0 spiro atoms. The van der Waals surface area contributed by atoms with Crippen LogP contribution in [0.1, 0.15) is 15.9 Å². The van der Waals surface area contributed by atoms with E-state index >= 15 is 0 Å². The normalized spacial score (nSPS) is 10.2. The molecule has 0 saturated carbocycles. The molecule has 0 atom stereocenters. The number of methoxy groups -OCH3 is 4. The van der Waals surface area contributed by atoms with E-state index in [0.717, 1.165) is 5.56 Å². The van der Waals surface area contributed by atoms with E-state index < -0.39 is 0 Å². The third-order valence-electron chi connectivity index (χ3n) is 3.61. The number of phenolic OH excluding ortho intramolecular Hbond substituents is 1. The summed E-state index contributed by atoms with van der Waals surface area (Å²) in [5, 5.41) is 10.1. The summed E-state index contributed by atoms with van der Waals surface area (Å²) >= 11 is 0. The van der Waals surface area contributed by atoms with E-state index in [1.54, 1.807) is 25.3 Å². The minimum Gasteiger partial charge on any atom is -0.507 e. The van der Waals surface area contributed by atoms with Crippen molar-refractivity contribution in [2.24, 2.45) is 0 Å². The number of hydrogen-bond donors (Lipinski definition) is 1. The molecule has 0 heterocycles. The van der Waals surface area contributed by atoms with Gasteiger partial charge in [0.2, 0.25) is 0 Å². The van der Waals surface area contributed by atoms with Crippen LogP contribution in [0.4, 0.5) is 0 Å². The van der Waals surface area contributed by atoms with Gasteiger partial charge in [0.25, 0.3) is 0 Å². The third kappa shape index (κ3) is 3.53. The zero-order valence-corrected chi connectivity index (χ0v) is 14.1. The molecule has 0 aliphatic carbocycles. The van der Waals surface area contributed by atoms with E-state index in [1.807, 2.05) is 0 Å². The summed E-state index contributed by atoms with van der Waals surface area (Å²) in [4.78, 5) is 12.5. The van der Waals surface area contributed by atoms with Crippen LogP contribution in [0.25, 0.3) is 0 Å². The van der Waals surface area contributed by atoms with E-state index in [1.165, 1.54) is 33.5 Å². The maximum atomic E-state index is 12.5. The Bertz CT molecular complexity index is 739. The summed E-state index contributed by atoms with van der Waals surface area (Å²) in [6.45, 7) is 0. The van der Waals surface area contributed by atoms with Crippen molar-refractivity contribution in [2.45, 2.75) is 6.42 Å². The number of carbonyl (C=O) groups excluding carboxylic acids is 1. The first-order chi connectivity index (χ1) is 11.5. The first kappa shape index (κ1) is 17.5. The van der Waals surface area contributed by atoms with Gasteiger partial charge in [0.15, 0.2) is 28.8 Å². The van der Waals surface area contributed by atoms with Gasteiger partial charge in [-0.2, -0.15) is 0 Å². The number of ether oxygens (including phenoxy) is 4. The molecule has 6 nitrogen and oxygen atoms in total. The van der Waals surface area contributed by atoms with Crippen molar-refractivity contribution in [3.8, 4) is 28.7 Å². The molecule has 0 amide bonds. The highest BCUT2D eigenvalue weighted by atomic mass is 16.5. The lowest BCUT2D eigenvalue weighted by Crippen LogP contribution is -2.05. The topological polar surface area (TPSA) is 74.2 Å². The average molecular weight is 332 g/mol. The second-order valence-electron chi connectivity index (χ2n) is 5.01. The summed E-state index contributed by atoms with van der Waals surface area (Å²) in [6, 6.07) is 8.07. The SMILES string of the molecule is COc1ccc(CC(=O)c2cc(OC)c(OC)cc2O)cc1OC. The number of Topliss-reactive ketones (excluding diaryl/α,β-unsaturated/α-hetero) is 1. The average Bonchev–Trinajstić information content (AvgIpc) is 2.60. The monoisotopic (exact) mass is 332 g/mol. The molecule has 0 unspecified atom stereocenters. The van der Waals surface area contributed by atoms with Gasteiger partial charge >= 0.3 is 0 Å². The zero-order valence-electron chi connectivity index (χ0n) is 14.1. The molecule has 2 rings (SSSR count). The van der Waals surface area contributed by atoms with Crippen molar-refractivity contribution < 1.29 is 28.8 Å². The van der Waals surface area contributed by atoms with E-state index in [2.05, 4.69) is 0 Å². The van der Waals surface area contributed by atoms with Gasteiger partial charge in [-0.1, -0.05) is 6.07 Å². The van der Waals surface area contributed by atoms with Crippen LogP contribution >= 0.6 is 0 Å². The second kappa shape index (κ2) is 7.59. The first-order valence-electron chi connectivity index (χ1n) is 7.23. The van der Waals surface area contributed by atoms with Gasteiger partial charge in [-0.15, -0.1) is 0 Å². The smallest absolute Gasteiger partial charge is 0.171 e. The van der Waals surface area contributed by atoms with Crippen LogP contribution in [0.2, 0.25) is 0 Å². The van der Waals surface area contributed by atoms with Crippen LogP contribution < -0.4 is 18.9 Å². The van der Waals surface area contributed by atoms with Gasteiger partial charge in [0.1, 0.15) is 5.75 Å². The summed E-state index contributed by atoms with van der Waals surface area (Å²) in [6.07, 6.45) is 0.101. The highest BCUT2D eigenvalue weighted by Gasteiger charge is 2.17. The largest absolute Gasteiger partial charge is 0.507 e. The van der Waals surface area contributed by atoms with Gasteiger partial charge in [0.05, 0.1) is 34.0 Å². The van der Waals surface area contributed by atoms with Gasteiger partial charge in [0, 0.05) is 12.5 Å². The molecule has 2 aromatic rings. The quantitative estimate of drug-likeness (QED) is 0.786. The van der Waals surface area contributed by atoms with Gasteiger partial charge < -0.3 is 24.1 Å². The van der Waals surface area contributed by atoms with Crippen molar-refractivity contribution >= 4 is 5.78 Å². The summed E-state index contributed by atoms with van der Waals surface area (Å²) < 4.78 is 20.7. The molecule has 0 bridgehead atoms. The molecule has 24 heavy (non-hydrogen) atoms. The number of benzene rings is 2. The molecule has 2 aromatic carbocycles. The Kier molecular flexibility index (Phi) is 5.52. The fraction of sp³-hybridized carbons (Fsp3) is 0.278. The number of rotatable bonds is 7. The number of carbonyl (C=O) groups is 1. The van der Waals surface area contributed by atoms with Crippen LogP contribution in [-0.4, -0.2) is 39.3 Å².